The van der Waals surface area contributed by atoms with E-state index in [-0.39, 0.29) is 11.6 Å². The molecule has 2 N–H and O–H groups in total. The molecule has 0 aliphatic heterocycles. The smallest absolute Gasteiger partial charge is 0.278 e. The van der Waals surface area contributed by atoms with Crippen LogP contribution < -0.4 is 0 Å². The van der Waals surface area contributed by atoms with Gasteiger partial charge in [0.2, 0.25) is 0 Å². The molecule has 0 bridgehead atoms. The van der Waals surface area contributed by atoms with Crippen molar-refractivity contribution in [1.82, 2.24) is 4.98 Å². The standard InChI is InChI=1S/C8H5BrN2O3/c9-5-1-2-6(11(13)14)4-3-10-8(12)7(4)5/h1-3,10,12H. The number of hydrogen-bond donors (Lipinski definition) is 2. The maximum Gasteiger partial charge on any atom is 0.278 e. The first kappa shape index (κ1) is 9.01. The molecule has 1 aromatic carbocycles. The second-order valence-corrected chi connectivity index (χ2v) is 3.60. The number of aromatic hydroxyl groups is 1. The number of nitro groups is 1. The molecule has 0 aliphatic carbocycles. The van der Waals surface area contributed by atoms with Crippen LogP contribution in [-0.2, 0) is 0 Å². The van der Waals surface area contributed by atoms with E-state index in [9.17, 15) is 15.2 Å². The van der Waals surface area contributed by atoms with Crippen molar-refractivity contribution >= 4 is 32.4 Å². The van der Waals surface area contributed by atoms with Crippen molar-refractivity contribution in [3.63, 3.8) is 0 Å². The SMILES string of the molecule is O=[N+]([O-])c1ccc(Br)c2c(O)[nH]cc12. The number of nitrogens with zero attached hydrogens (tertiary/aromatic N) is 1. The first-order chi connectivity index (χ1) is 6.61. The van der Waals surface area contributed by atoms with E-state index in [1.807, 2.05) is 0 Å². The van der Waals surface area contributed by atoms with Crippen LogP contribution in [0.4, 0.5) is 5.69 Å². The summed E-state index contributed by atoms with van der Waals surface area (Å²) in [5.74, 6) is -0.0735. The zero-order valence-electron chi connectivity index (χ0n) is 6.82. The highest BCUT2D eigenvalue weighted by Crippen LogP contribution is 2.36. The van der Waals surface area contributed by atoms with Gasteiger partial charge in [-0.15, -0.1) is 0 Å². The summed E-state index contributed by atoms with van der Waals surface area (Å²) in [5.41, 5.74) is -0.0280. The molecule has 5 nitrogen and oxygen atoms in total. The molecule has 6 heteroatoms. The monoisotopic (exact) mass is 256 g/mol. The Kier molecular flexibility index (Phi) is 1.92. The van der Waals surface area contributed by atoms with E-state index < -0.39 is 4.92 Å². The Hall–Kier alpha value is -1.56. The van der Waals surface area contributed by atoms with E-state index in [1.165, 1.54) is 18.3 Å². The minimum Gasteiger partial charge on any atom is -0.494 e. The summed E-state index contributed by atoms with van der Waals surface area (Å²) >= 11 is 3.21. The van der Waals surface area contributed by atoms with Gasteiger partial charge in [0.25, 0.3) is 5.69 Å². The highest BCUT2D eigenvalue weighted by Gasteiger charge is 2.17. The highest BCUT2D eigenvalue weighted by molar-refractivity contribution is 9.10. The van der Waals surface area contributed by atoms with E-state index in [4.69, 9.17) is 0 Å². The normalized spacial score (nSPS) is 10.6. The zero-order chi connectivity index (χ0) is 10.3. The van der Waals surface area contributed by atoms with Gasteiger partial charge < -0.3 is 10.1 Å². The fourth-order valence-corrected chi connectivity index (χ4v) is 1.87. The number of aromatic nitrogens is 1. The number of nitrogens with one attached hydrogen (secondary N) is 1. The molecule has 0 fully saturated rings. The van der Waals surface area contributed by atoms with Gasteiger partial charge in [0.15, 0.2) is 5.88 Å². The number of nitro benzene ring substituents is 1. The number of aromatic amines is 1. The summed E-state index contributed by atoms with van der Waals surface area (Å²) in [4.78, 5) is 12.7. The maximum atomic E-state index is 10.6. The summed E-state index contributed by atoms with van der Waals surface area (Å²) < 4.78 is 0.622. The Morgan fingerprint density at radius 2 is 2.21 bits per heavy atom. The minimum absolute atomic E-state index is 0.0280. The first-order valence-electron chi connectivity index (χ1n) is 3.74. The van der Waals surface area contributed by atoms with Gasteiger partial charge in [-0.25, -0.2) is 0 Å². The molecule has 0 amide bonds. The van der Waals surface area contributed by atoms with Crippen molar-refractivity contribution in [2.45, 2.75) is 0 Å². The molecule has 1 heterocycles. The van der Waals surface area contributed by atoms with Gasteiger partial charge in [-0.05, 0) is 22.0 Å². The predicted octanol–water partition coefficient (Wildman–Crippen LogP) is 2.54. The third-order valence-electron chi connectivity index (χ3n) is 1.96. The predicted molar refractivity (Wildman–Crippen MR) is 54.3 cm³/mol. The number of non-ortho nitro benzene ring substituents is 1. The van der Waals surface area contributed by atoms with Gasteiger partial charge in [0.05, 0.1) is 15.7 Å². The molecular weight excluding hydrogens is 252 g/mol. The van der Waals surface area contributed by atoms with Gasteiger partial charge >= 0.3 is 0 Å². The Morgan fingerprint density at radius 3 is 2.86 bits per heavy atom. The summed E-state index contributed by atoms with van der Waals surface area (Å²) in [6, 6.07) is 2.92. The Morgan fingerprint density at radius 1 is 1.50 bits per heavy atom. The van der Waals surface area contributed by atoms with Crippen LogP contribution in [0.15, 0.2) is 22.8 Å². The fourth-order valence-electron chi connectivity index (χ4n) is 1.34. The lowest BCUT2D eigenvalue weighted by molar-refractivity contribution is -0.383. The van der Waals surface area contributed by atoms with E-state index >= 15 is 0 Å². The largest absolute Gasteiger partial charge is 0.494 e. The molecule has 0 spiro atoms. The van der Waals surface area contributed by atoms with Crippen molar-refractivity contribution in [3.05, 3.63) is 32.9 Å². The quantitative estimate of drug-likeness (QED) is 0.608. The van der Waals surface area contributed by atoms with Gasteiger partial charge in [-0.1, -0.05) is 0 Å². The lowest BCUT2D eigenvalue weighted by atomic mass is 10.2. The van der Waals surface area contributed by atoms with Gasteiger partial charge in [0, 0.05) is 16.7 Å². The van der Waals surface area contributed by atoms with Crippen LogP contribution in [0.25, 0.3) is 10.8 Å². The highest BCUT2D eigenvalue weighted by atomic mass is 79.9. The van der Waals surface area contributed by atoms with Crippen LogP contribution in [-0.4, -0.2) is 15.0 Å². The minimum atomic E-state index is -0.484. The van der Waals surface area contributed by atoms with Gasteiger partial charge in [-0.2, -0.15) is 0 Å². The second kappa shape index (κ2) is 2.98. The molecule has 1 aromatic heterocycles. The molecule has 0 aliphatic rings. The number of H-pyrrole nitrogens is 1. The third-order valence-corrected chi connectivity index (χ3v) is 2.62. The topological polar surface area (TPSA) is 79.2 Å². The summed E-state index contributed by atoms with van der Waals surface area (Å²) in [6.07, 6.45) is 1.41. The number of rotatable bonds is 1. The van der Waals surface area contributed by atoms with E-state index in [0.717, 1.165) is 0 Å². The van der Waals surface area contributed by atoms with Crippen molar-refractivity contribution in [2.24, 2.45) is 0 Å². The average Bonchev–Trinajstić information content (AvgIpc) is 2.49. The average molecular weight is 257 g/mol. The molecule has 14 heavy (non-hydrogen) atoms. The molecule has 0 saturated carbocycles. The van der Waals surface area contributed by atoms with Crippen molar-refractivity contribution in [1.29, 1.82) is 0 Å². The first-order valence-corrected chi connectivity index (χ1v) is 4.53. The second-order valence-electron chi connectivity index (χ2n) is 2.75. The molecule has 0 radical (unpaired) electrons. The number of halogens is 1. The third kappa shape index (κ3) is 1.15. The van der Waals surface area contributed by atoms with Crippen molar-refractivity contribution < 1.29 is 10.0 Å². The van der Waals surface area contributed by atoms with Crippen LogP contribution in [0, 0.1) is 10.1 Å². The molecule has 2 aromatic rings. The molecule has 0 atom stereocenters. The van der Waals surface area contributed by atoms with Gasteiger partial charge in [0.1, 0.15) is 0 Å². The summed E-state index contributed by atoms with van der Waals surface area (Å²) in [7, 11) is 0. The van der Waals surface area contributed by atoms with Crippen LogP contribution >= 0.6 is 15.9 Å². The van der Waals surface area contributed by atoms with Crippen molar-refractivity contribution in [3.8, 4) is 5.88 Å². The zero-order valence-corrected chi connectivity index (χ0v) is 8.41. The number of hydrogen-bond acceptors (Lipinski definition) is 3. The van der Waals surface area contributed by atoms with Crippen LogP contribution in [0.5, 0.6) is 5.88 Å². The summed E-state index contributed by atoms with van der Waals surface area (Å²) in [5, 5.41) is 20.8. The molecule has 2 rings (SSSR count). The van der Waals surface area contributed by atoms with E-state index in [0.29, 0.717) is 15.2 Å². The number of benzene rings is 1. The number of fused-ring (bicyclic) bond motifs is 1. The Balaban J connectivity index is 2.90. The van der Waals surface area contributed by atoms with Crippen LogP contribution in [0.2, 0.25) is 0 Å². The summed E-state index contributed by atoms with van der Waals surface area (Å²) in [6.45, 7) is 0. The molecular formula is C8H5BrN2O3. The van der Waals surface area contributed by atoms with Crippen molar-refractivity contribution in [2.75, 3.05) is 0 Å². The Labute approximate surface area is 86.6 Å². The maximum absolute atomic E-state index is 10.6. The van der Waals surface area contributed by atoms with E-state index in [2.05, 4.69) is 20.9 Å². The Bertz CT molecular complexity index is 521. The molecule has 72 valence electrons. The lowest BCUT2D eigenvalue weighted by Crippen LogP contribution is -1.87. The molecule has 0 unspecified atom stereocenters. The lowest BCUT2D eigenvalue weighted by Gasteiger charge is -1.96. The van der Waals surface area contributed by atoms with Gasteiger partial charge in [-0.3, -0.25) is 10.1 Å². The molecule has 0 saturated heterocycles. The van der Waals surface area contributed by atoms with Crippen LogP contribution in [0.3, 0.4) is 0 Å². The fraction of sp³-hybridized carbons (Fsp3) is 0. The van der Waals surface area contributed by atoms with E-state index in [1.54, 1.807) is 0 Å². The van der Waals surface area contributed by atoms with Crippen LogP contribution in [0.1, 0.15) is 0 Å².